The number of ether oxygens (including phenoxy) is 1. The average Bonchev–Trinajstić information content (AvgIpc) is 3.97. The highest BCUT2D eigenvalue weighted by molar-refractivity contribution is 7.83. The van der Waals surface area contributed by atoms with Crippen LogP contribution in [-0.2, 0) is 86.4 Å². The second kappa shape index (κ2) is 17.4. The molecule has 2 atom stereocenters. The number of fused-ring (bicyclic) bond motifs is 4. The summed E-state index contributed by atoms with van der Waals surface area (Å²) in [5.74, 6) is 0.903. The predicted octanol–water partition coefficient (Wildman–Crippen LogP) is 3.08. The Kier molecular flexibility index (Phi) is 12.5. The van der Waals surface area contributed by atoms with Crippen LogP contribution in [0.2, 0.25) is 0 Å². The normalized spacial score (nSPS) is 15.8. The Morgan fingerprint density at radius 2 is 1.25 bits per heavy atom. The van der Waals surface area contributed by atoms with Gasteiger partial charge in [-0.1, -0.05) is 12.1 Å². The third-order valence-electron chi connectivity index (χ3n) is 9.75. The summed E-state index contributed by atoms with van der Waals surface area (Å²) in [6.45, 7) is 0.688. The molecule has 16 heteroatoms. The van der Waals surface area contributed by atoms with E-state index in [2.05, 4.69) is 32.4 Å². The first-order valence-corrected chi connectivity index (χ1v) is 20.0. The van der Waals surface area contributed by atoms with Gasteiger partial charge in [0.05, 0.1) is 26.3 Å². The van der Waals surface area contributed by atoms with Crippen LogP contribution in [0, 0.1) is 11.5 Å². The number of amides is 2. The Balaban J connectivity index is 0.000000150. The molecule has 0 radical (unpaired) electrons. The van der Waals surface area contributed by atoms with E-state index < -0.39 is 28.0 Å². The van der Waals surface area contributed by atoms with Crippen LogP contribution < -0.4 is 19.9 Å². The summed E-state index contributed by atoms with van der Waals surface area (Å²) in [4.78, 5) is 12.4. The predicted molar refractivity (Wildman–Crippen MR) is 195 cm³/mol. The number of carbonyl (C=O) groups excluding carboxylic acids is 1. The first-order chi connectivity index (χ1) is 25.3. The van der Waals surface area contributed by atoms with Crippen molar-refractivity contribution in [2.24, 2.45) is 5.14 Å². The molecule has 0 aliphatic heterocycles. The van der Waals surface area contributed by atoms with Crippen molar-refractivity contribution in [3.05, 3.63) is 81.2 Å². The molecule has 52 heavy (non-hydrogen) atoms. The van der Waals surface area contributed by atoms with E-state index in [1.807, 2.05) is 6.26 Å². The SMILES string of the molecule is N#COc1c2c(cc3c1CCC3)CCC2.NS(=O)c1ccn(CCO)n1.O=C(Nc1c2c(cc3c1CCC3)CCC2)NS(=O)c1ccn(CCO)n1. The van der Waals surface area contributed by atoms with Crippen molar-refractivity contribution in [3.8, 4) is 12.0 Å². The van der Waals surface area contributed by atoms with Crippen molar-refractivity contribution >= 4 is 33.7 Å². The molecule has 6 N–H and O–H groups in total. The molecule has 0 fully saturated rings. The van der Waals surface area contributed by atoms with Gasteiger partial charge in [-0.25, -0.2) is 18.4 Å². The van der Waals surface area contributed by atoms with Crippen LogP contribution >= 0.6 is 0 Å². The number of nitrogens with one attached hydrogen (secondary N) is 2. The summed E-state index contributed by atoms with van der Waals surface area (Å²) in [7, 11) is -3.27. The van der Waals surface area contributed by atoms with Crippen LogP contribution in [0.4, 0.5) is 10.5 Å². The molecule has 2 amide bonds. The number of nitrogens with two attached hydrogens (primary N) is 1. The number of rotatable bonds is 9. The molecule has 2 unspecified atom stereocenters. The zero-order valence-corrected chi connectivity index (χ0v) is 30.6. The molecule has 0 saturated carbocycles. The molecular weight excluding hydrogens is 705 g/mol. The lowest BCUT2D eigenvalue weighted by molar-refractivity contribution is 0.256. The molecule has 4 aromatic rings. The molecule has 4 aliphatic rings. The van der Waals surface area contributed by atoms with Gasteiger partial charge in [0.1, 0.15) is 16.7 Å². The van der Waals surface area contributed by atoms with E-state index in [4.69, 9.17) is 25.4 Å². The van der Waals surface area contributed by atoms with Gasteiger partial charge < -0.3 is 20.3 Å². The Hall–Kier alpha value is -4.40. The number of anilines is 1. The monoisotopic (exact) mass is 748 g/mol. The summed E-state index contributed by atoms with van der Waals surface area (Å²) < 4.78 is 33.6. The summed E-state index contributed by atoms with van der Waals surface area (Å²) in [5, 5.41) is 42.7. The Bertz CT molecular complexity index is 1960. The van der Waals surface area contributed by atoms with Gasteiger partial charge in [0.25, 0.3) is 6.26 Å². The smallest absolute Gasteiger partial charge is 0.331 e. The molecule has 276 valence electrons. The number of urea groups is 1. The van der Waals surface area contributed by atoms with Gasteiger partial charge in [-0.2, -0.15) is 10.2 Å². The average molecular weight is 749 g/mol. The molecule has 0 spiro atoms. The maximum absolute atomic E-state index is 12.4. The van der Waals surface area contributed by atoms with Gasteiger partial charge in [-0.05, 0) is 134 Å². The lowest BCUT2D eigenvalue weighted by atomic mass is 9.99. The minimum atomic E-state index is -1.74. The number of nitrogens with zero attached hydrogens (tertiary/aromatic N) is 5. The number of nitriles is 1. The van der Waals surface area contributed by atoms with E-state index in [1.165, 1.54) is 66.7 Å². The number of aryl methyl sites for hydroxylation is 4. The van der Waals surface area contributed by atoms with E-state index >= 15 is 0 Å². The number of aromatic nitrogens is 4. The topological polar surface area (TPSA) is 210 Å². The fourth-order valence-electron chi connectivity index (χ4n) is 7.52. The zero-order chi connectivity index (χ0) is 36.6. The molecule has 2 aromatic heterocycles. The van der Waals surface area contributed by atoms with E-state index in [0.29, 0.717) is 18.1 Å². The highest BCUT2D eigenvalue weighted by Crippen LogP contribution is 2.40. The van der Waals surface area contributed by atoms with Crippen LogP contribution in [0.5, 0.6) is 5.75 Å². The van der Waals surface area contributed by atoms with Crippen LogP contribution in [-0.4, -0.2) is 57.4 Å². The Morgan fingerprint density at radius 1 is 0.788 bits per heavy atom. The fraction of sp³-hybridized carbons (Fsp3) is 0.444. The fourth-order valence-corrected chi connectivity index (χ4v) is 8.59. The maximum Gasteiger partial charge on any atom is 0.331 e. The summed E-state index contributed by atoms with van der Waals surface area (Å²) >= 11 is 0. The lowest BCUT2D eigenvalue weighted by Gasteiger charge is -2.16. The van der Waals surface area contributed by atoms with Crippen molar-refractivity contribution < 1.29 is 28.2 Å². The first kappa shape index (κ1) is 37.4. The highest BCUT2D eigenvalue weighted by Gasteiger charge is 2.26. The van der Waals surface area contributed by atoms with Crippen molar-refractivity contribution in [2.45, 2.75) is 100 Å². The standard InChI is InChI=1S/C18H22N4O3S.C13H13NO.C5H9N3O2S/c23-10-9-22-8-7-16(20-22)26(25)21-18(24)19-17-14-5-1-3-12(14)11-13-4-2-6-15(13)17;14-8-15-13-11-5-1-3-9(11)7-10-4-2-6-12(10)13;6-11(10)5-1-2-8(7-5)3-4-9/h7-8,11,23H,1-6,9-10H2,(H2,19,21,24);7H,1-6H2;1-2,9H,3-4,6H2. The number of hydrogen-bond donors (Lipinski definition) is 5. The largest absolute Gasteiger partial charge is 0.394 e. The van der Waals surface area contributed by atoms with Gasteiger partial charge >= 0.3 is 6.03 Å². The lowest BCUT2D eigenvalue weighted by Crippen LogP contribution is -2.31. The molecule has 14 nitrogen and oxygen atoms in total. The van der Waals surface area contributed by atoms with E-state index in [0.717, 1.165) is 75.6 Å². The molecule has 2 aromatic carbocycles. The van der Waals surface area contributed by atoms with Crippen LogP contribution in [0.1, 0.15) is 70.2 Å². The number of benzene rings is 2. The number of aliphatic hydroxyl groups is 2. The van der Waals surface area contributed by atoms with Gasteiger partial charge in [-0.15, -0.1) is 5.26 Å². The minimum absolute atomic E-state index is 0.0122. The summed E-state index contributed by atoms with van der Waals surface area (Å²) in [6, 6.07) is 7.30. The third kappa shape index (κ3) is 8.62. The van der Waals surface area contributed by atoms with Gasteiger partial charge in [0.15, 0.2) is 21.0 Å². The van der Waals surface area contributed by atoms with Crippen LogP contribution in [0.15, 0.2) is 46.7 Å². The van der Waals surface area contributed by atoms with Gasteiger partial charge in [0, 0.05) is 18.1 Å². The molecule has 0 bridgehead atoms. The number of aliphatic hydroxyl groups excluding tert-OH is 2. The zero-order valence-electron chi connectivity index (χ0n) is 28.9. The van der Waals surface area contributed by atoms with Crippen molar-refractivity contribution in [1.29, 1.82) is 5.26 Å². The minimum Gasteiger partial charge on any atom is -0.394 e. The van der Waals surface area contributed by atoms with Crippen LogP contribution in [0.25, 0.3) is 0 Å². The molecule has 4 aliphatic carbocycles. The number of carbonyl (C=O) groups is 1. The summed E-state index contributed by atoms with van der Waals surface area (Å²) in [6.07, 6.45) is 18.3. The summed E-state index contributed by atoms with van der Waals surface area (Å²) in [5.41, 5.74) is 11.5. The van der Waals surface area contributed by atoms with E-state index in [1.54, 1.807) is 24.5 Å². The highest BCUT2D eigenvalue weighted by atomic mass is 32.2. The van der Waals surface area contributed by atoms with E-state index in [-0.39, 0.29) is 18.2 Å². The Morgan fingerprint density at radius 3 is 1.71 bits per heavy atom. The van der Waals surface area contributed by atoms with Crippen molar-refractivity contribution in [1.82, 2.24) is 24.3 Å². The molecule has 0 saturated heterocycles. The van der Waals surface area contributed by atoms with Gasteiger partial charge in [0.2, 0.25) is 0 Å². The molecule has 2 heterocycles. The molecule has 8 rings (SSSR count). The quantitative estimate of drug-likeness (QED) is 0.159. The Labute approximate surface area is 307 Å². The number of hydrogen-bond acceptors (Lipinski definition) is 9. The second-order valence-corrected chi connectivity index (χ2v) is 15.2. The second-order valence-electron chi connectivity index (χ2n) is 13.0. The van der Waals surface area contributed by atoms with Crippen molar-refractivity contribution in [2.75, 3.05) is 18.5 Å². The third-order valence-corrected chi connectivity index (χ3v) is 11.3. The maximum atomic E-state index is 12.4. The van der Waals surface area contributed by atoms with Crippen molar-refractivity contribution in [3.63, 3.8) is 0 Å². The van der Waals surface area contributed by atoms with E-state index in [9.17, 15) is 13.2 Å². The van der Waals surface area contributed by atoms with Gasteiger partial charge in [-0.3, -0.25) is 14.1 Å². The first-order valence-electron chi connectivity index (χ1n) is 17.6. The molecular formula is C36H44N8O6S2. The van der Waals surface area contributed by atoms with Crippen LogP contribution in [0.3, 0.4) is 0 Å².